The van der Waals surface area contributed by atoms with Crippen molar-refractivity contribution in [2.24, 2.45) is 0 Å². The number of ether oxygens (including phenoxy) is 5. The Balaban J connectivity index is 1.30. The van der Waals surface area contributed by atoms with E-state index in [1.807, 2.05) is 0 Å². The smallest absolute Gasteiger partial charge is 0.407 e. The molecule has 0 spiro atoms. The molecular formula is C34H50Cl2N4O10. The van der Waals surface area contributed by atoms with E-state index in [4.69, 9.17) is 51.4 Å². The first-order valence-electron chi connectivity index (χ1n) is 17.0. The first-order valence-corrected chi connectivity index (χ1v) is 17.9. The number of aryl methyl sites for hydroxylation is 1. The Morgan fingerprint density at radius 2 is 1.60 bits per heavy atom. The number of amides is 3. The van der Waals surface area contributed by atoms with E-state index in [-0.39, 0.29) is 45.1 Å². The van der Waals surface area contributed by atoms with E-state index in [9.17, 15) is 19.5 Å². The van der Waals surface area contributed by atoms with Crippen LogP contribution in [0.2, 0.25) is 5.02 Å². The lowest BCUT2D eigenvalue weighted by Gasteiger charge is -2.26. The van der Waals surface area contributed by atoms with Crippen molar-refractivity contribution >= 4 is 41.1 Å². The zero-order valence-corrected chi connectivity index (χ0v) is 30.1. The summed E-state index contributed by atoms with van der Waals surface area (Å²) >= 11 is 11.7. The Labute approximate surface area is 303 Å². The molecule has 1 saturated heterocycles. The highest BCUT2D eigenvalue weighted by Crippen LogP contribution is 2.23. The number of carbonyl (C=O) groups is 3. The second-order valence-electron chi connectivity index (χ2n) is 11.8. The fraction of sp³-hybridized carbons (Fsp3) is 0.647. The number of aliphatic hydroxyl groups is 1. The van der Waals surface area contributed by atoms with Gasteiger partial charge in [0.2, 0.25) is 11.8 Å². The van der Waals surface area contributed by atoms with Gasteiger partial charge in [0, 0.05) is 43.1 Å². The Morgan fingerprint density at radius 1 is 0.960 bits per heavy atom. The Bertz CT molecular complexity index is 1270. The minimum Gasteiger partial charge on any atom is -0.447 e. The van der Waals surface area contributed by atoms with Gasteiger partial charge in [-0.1, -0.05) is 41.7 Å². The summed E-state index contributed by atoms with van der Waals surface area (Å²) in [4.78, 5) is 40.2. The molecule has 14 nitrogen and oxygen atoms in total. The van der Waals surface area contributed by atoms with Gasteiger partial charge < -0.3 is 48.8 Å². The minimum atomic E-state index is -0.926. The van der Waals surface area contributed by atoms with Crippen molar-refractivity contribution in [3.63, 3.8) is 0 Å². The second kappa shape index (κ2) is 24.2. The molecule has 1 aromatic carbocycles. The maximum Gasteiger partial charge on any atom is 0.407 e. The maximum absolute atomic E-state index is 13.4. The number of carbonyl (C=O) groups excluding carboxylic acids is 3. The number of benzene rings is 1. The van der Waals surface area contributed by atoms with Gasteiger partial charge in [-0.05, 0) is 37.5 Å². The molecule has 3 N–H and O–H groups in total. The molecule has 50 heavy (non-hydrogen) atoms. The van der Waals surface area contributed by atoms with Gasteiger partial charge in [-0.2, -0.15) is 0 Å². The van der Waals surface area contributed by atoms with Gasteiger partial charge in [-0.15, -0.1) is 11.6 Å². The van der Waals surface area contributed by atoms with E-state index < -0.39 is 30.2 Å². The SMILES string of the molecule is Cc1cc(CC(=O)N2CC(O)CC2C(=O)NC(COC(=O)NCCOCCOCCOCCOCCCCCCCl)c2ccc(Cl)cc2)on1. The number of hydrogen-bond donors (Lipinski definition) is 3. The average Bonchev–Trinajstić information content (AvgIpc) is 3.70. The van der Waals surface area contributed by atoms with Crippen LogP contribution in [0.5, 0.6) is 0 Å². The lowest BCUT2D eigenvalue weighted by Crippen LogP contribution is -2.48. The van der Waals surface area contributed by atoms with Crippen LogP contribution in [0.4, 0.5) is 4.79 Å². The number of alkyl halides is 1. The summed E-state index contributed by atoms with van der Waals surface area (Å²) in [6.07, 6.45) is 2.75. The maximum atomic E-state index is 13.4. The lowest BCUT2D eigenvalue weighted by atomic mass is 10.1. The van der Waals surface area contributed by atoms with Crippen LogP contribution >= 0.6 is 23.2 Å². The van der Waals surface area contributed by atoms with E-state index >= 15 is 0 Å². The number of alkyl carbamates (subject to hydrolysis) is 1. The molecule has 3 atom stereocenters. The molecule has 3 unspecified atom stereocenters. The third kappa shape index (κ3) is 16.4. The first-order chi connectivity index (χ1) is 24.3. The molecule has 16 heteroatoms. The number of hydrogen-bond acceptors (Lipinski definition) is 11. The summed E-state index contributed by atoms with van der Waals surface area (Å²) in [5.74, 6) is 0.203. The van der Waals surface area contributed by atoms with Crippen molar-refractivity contribution in [2.45, 2.75) is 63.6 Å². The highest BCUT2D eigenvalue weighted by Gasteiger charge is 2.39. The fourth-order valence-electron chi connectivity index (χ4n) is 5.12. The highest BCUT2D eigenvalue weighted by atomic mass is 35.5. The van der Waals surface area contributed by atoms with Crippen LogP contribution in [0.25, 0.3) is 0 Å². The van der Waals surface area contributed by atoms with E-state index in [1.165, 1.54) is 4.90 Å². The third-order valence-electron chi connectivity index (χ3n) is 7.68. The molecule has 2 heterocycles. The number of aromatic nitrogens is 1. The van der Waals surface area contributed by atoms with Crippen molar-refractivity contribution in [3.05, 3.63) is 52.4 Å². The Hall–Kier alpha value is -2.98. The molecule has 1 aliphatic heterocycles. The van der Waals surface area contributed by atoms with Gasteiger partial charge in [-0.3, -0.25) is 9.59 Å². The van der Waals surface area contributed by atoms with Crippen molar-refractivity contribution in [1.29, 1.82) is 0 Å². The monoisotopic (exact) mass is 744 g/mol. The summed E-state index contributed by atoms with van der Waals surface area (Å²) in [6, 6.07) is 6.69. The number of nitrogens with one attached hydrogen (secondary N) is 2. The third-order valence-corrected chi connectivity index (χ3v) is 8.20. The van der Waals surface area contributed by atoms with Crippen LogP contribution in [-0.4, -0.2) is 124 Å². The van der Waals surface area contributed by atoms with E-state index in [0.29, 0.717) is 67.6 Å². The fourth-order valence-corrected chi connectivity index (χ4v) is 5.44. The van der Waals surface area contributed by atoms with E-state index in [0.717, 1.165) is 32.3 Å². The molecule has 280 valence electrons. The van der Waals surface area contributed by atoms with Crippen molar-refractivity contribution in [3.8, 4) is 0 Å². The van der Waals surface area contributed by atoms with E-state index in [1.54, 1.807) is 37.3 Å². The minimum absolute atomic E-state index is 0.00384. The van der Waals surface area contributed by atoms with Gasteiger partial charge in [0.05, 0.1) is 70.5 Å². The number of β-amino-alcohol motifs (C(OH)–C–C–N with tert-alkyl or cyclic N) is 1. The lowest BCUT2D eigenvalue weighted by molar-refractivity contribution is -0.138. The summed E-state index contributed by atoms with van der Waals surface area (Å²) in [7, 11) is 0. The molecule has 1 aliphatic rings. The predicted octanol–water partition coefficient (Wildman–Crippen LogP) is 3.59. The number of rotatable bonds is 25. The predicted molar refractivity (Wildman–Crippen MR) is 185 cm³/mol. The number of halogens is 2. The molecule has 0 aliphatic carbocycles. The molecule has 2 aromatic rings. The van der Waals surface area contributed by atoms with Crippen molar-refractivity contribution in [1.82, 2.24) is 20.7 Å². The first kappa shape index (κ1) is 41.4. The van der Waals surface area contributed by atoms with Gasteiger partial charge in [0.25, 0.3) is 0 Å². The number of nitrogens with zero attached hydrogens (tertiary/aromatic N) is 2. The summed E-state index contributed by atoms with van der Waals surface area (Å²) in [6.45, 7) is 5.45. The quantitative estimate of drug-likeness (QED) is 0.100. The normalized spacial score (nSPS) is 16.4. The van der Waals surface area contributed by atoms with E-state index in [2.05, 4.69) is 15.8 Å². The van der Waals surface area contributed by atoms with Gasteiger partial charge >= 0.3 is 6.09 Å². The van der Waals surface area contributed by atoms with Crippen molar-refractivity contribution < 1.29 is 47.7 Å². The highest BCUT2D eigenvalue weighted by molar-refractivity contribution is 6.30. The van der Waals surface area contributed by atoms with Gasteiger partial charge in [0.1, 0.15) is 18.4 Å². The zero-order valence-electron chi connectivity index (χ0n) is 28.6. The number of likely N-dealkylation sites (tertiary alicyclic amines) is 1. The molecule has 3 rings (SSSR count). The Kier molecular flexibility index (Phi) is 20.1. The molecule has 0 saturated carbocycles. The van der Waals surface area contributed by atoms with Crippen LogP contribution in [0.15, 0.2) is 34.9 Å². The van der Waals surface area contributed by atoms with Crippen LogP contribution in [0, 0.1) is 6.92 Å². The van der Waals surface area contributed by atoms with Crippen LogP contribution in [0.3, 0.4) is 0 Å². The molecular weight excluding hydrogens is 695 g/mol. The average molecular weight is 746 g/mol. The molecule has 0 radical (unpaired) electrons. The second-order valence-corrected chi connectivity index (χ2v) is 12.6. The molecule has 1 aromatic heterocycles. The molecule has 0 bridgehead atoms. The number of aliphatic hydroxyl groups excluding tert-OH is 1. The summed E-state index contributed by atoms with van der Waals surface area (Å²) < 4.78 is 32.5. The van der Waals surface area contributed by atoms with Crippen LogP contribution < -0.4 is 10.6 Å². The van der Waals surface area contributed by atoms with Gasteiger partial charge in [0.15, 0.2) is 0 Å². The number of unbranched alkanes of at least 4 members (excludes halogenated alkanes) is 3. The molecule has 3 amide bonds. The topological polar surface area (TPSA) is 171 Å². The van der Waals surface area contributed by atoms with Crippen LogP contribution in [0.1, 0.15) is 55.2 Å². The van der Waals surface area contributed by atoms with Gasteiger partial charge in [-0.25, -0.2) is 4.79 Å². The standard InChI is InChI=1S/C34H50Cl2N4O10/c1-25-20-29(50-39-25)22-32(42)40-23-28(41)21-31(40)33(43)38-30(26-6-8-27(36)9-7-26)24-49-34(44)37-11-13-46-15-17-48-19-18-47-16-14-45-12-5-3-2-4-10-35/h6-9,20,28,30-31,41H,2-5,10-19,21-24H2,1H3,(H,37,44)(H,38,43). The molecule has 1 fully saturated rings. The van der Waals surface area contributed by atoms with Crippen LogP contribution in [-0.2, 0) is 39.7 Å². The van der Waals surface area contributed by atoms with Crippen molar-refractivity contribution in [2.75, 3.05) is 78.4 Å². The summed E-state index contributed by atoms with van der Waals surface area (Å²) in [5, 5.41) is 20.1. The zero-order chi connectivity index (χ0) is 36.0. The largest absolute Gasteiger partial charge is 0.447 e. The Morgan fingerprint density at radius 3 is 2.24 bits per heavy atom. The summed E-state index contributed by atoms with van der Waals surface area (Å²) in [5.41, 5.74) is 1.27.